The fourth-order valence-electron chi connectivity index (χ4n) is 2.69. The molecule has 1 heterocycles. The Bertz CT molecular complexity index is 613. The van der Waals surface area contributed by atoms with Crippen molar-refractivity contribution >= 4 is 22.6 Å². The molecule has 0 amide bonds. The van der Waals surface area contributed by atoms with Crippen LogP contribution < -0.4 is 0 Å². The lowest BCUT2D eigenvalue weighted by Gasteiger charge is -2.43. The molecule has 0 aliphatic carbocycles. The third-order valence-electron chi connectivity index (χ3n) is 6.96. The normalized spacial score (nSPS) is 26.3. The van der Waals surface area contributed by atoms with Gasteiger partial charge in [0, 0.05) is 7.11 Å². The maximum atomic E-state index is 12.4. The van der Waals surface area contributed by atoms with Crippen LogP contribution in [0.5, 0.6) is 0 Å². The van der Waals surface area contributed by atoms with E-state index in [1.807, 2.05) is 20.8 Å². The van der Waals surface area contributed by atoms with E-state index in [-0.39, 0.29) is 34.9 Å². The summed E-state index contributed by atoms with van der Waals surface area (Å²) >= 11 is 0. The number of carbonyl (C=O) groups is 1. The maximum absolute atomic E-state index is 12.4. The van der Waals surface area contributed by atoms with Gasteiger partial charge in [-0.05, 0) is 57.0 Å². The number of hydrogen-bond donors (Lipinski definition) is 0. The van der Waals surface area contributed by atoms with Crippen LogP contribution in [-0.4, -0.2) is 60.9 Å². The first-order valence-electron chi connectivity index (χ1n) is 11.4. The maximum Gasteiger partial charge on any atom is 0.311 e. The van der Waals surface area contributed by atoms with Gasteiger partial charge in [-0.1, -0.05) is 41.5 Å². The second kappa shape index (κ2) is 9.54. The first-order chi connectivity index (χ1) is 13.6. The summed E-state index contributed by atoms with van der Waals surface area (Å²) in [6, 6.07) is 0. The smallest absolute Gasteiger partial charge is 0.311 e. The van der Waals surface area contributed by atoms with E-state index in [0.717, 1.165) is 0 Å². The molecule has 1 rings (SSSR count). The Hall–Kier alpha value is -0.256. The summed E-state index contributed by atoms with van der Waals surface area (Å²) < 4.78 is 31.2. The highest BCUT2D eigenvalue weighted by molar-refractivity contribution is 6.74. The van der Waals surface area contributed by atoms with Crippen molar-refractivity contribution in [1.82, 2.24) is 0 Å². The first kappa shape index (κ1) is 28.8. The van der Waals surface area contributed by atoms with Crippen molar-refractivity contribution in [1.29, 1.82) is 0 Å². The van der Waals surface area contributed by atoms with Crippen LogP contribution in [0.1, 0.15) is 62.3 Å². The number of hydrogen-bond acceptors (Lipinski definition) is 6. The fourth-order valence-corrected chi connectivity index (χ4v) is 5.29. The molecular weight excluding hydrogens is 428 g/mol. The minimum atomic E-state index is -2.15. The van der Waals surface area contributed by atoms with Gasteiger partial charge in [-0.25, -0.2) is 0 Å². The molecule has 0 saturated carbocycles. The van der Waals surface area contributed by atoms with Gasteiger partial charge in [0.2, 0.25) is 0 Å². The van der Waals surface area contributed by atoms with E-state index in [2.05, 4.69) is 67.7 Å². The molecule has 1 aliphatic heterocycles. The summed E-state index contributed by atoms with van der Waals surface area (Å²) in [6.45, 7) is 27.8. The molecule has 0 N–H and O–H groups in total. The van der Waals surface area contributed by atoms with Gasteiger partial charge >= 0.3 is 5.97 Å². The fraction of sp³-hybridized carbons (Fsp3) is 0.957. The van der Waals surface area contributed by atoms with Gasteiger partial charge in [-0.3, -0.25) is 4.79 Å². The molecule has 0 aromatic carbocycles. The zero-order chi connectivity index (χ0) is 24.6. The molecule has 31 heavy (non-hydrogen) atoms. The second-order valence-electron chi connectivity index (χ2n) is 12.8. The van der Waals surface area contributed by atoms with Gasteiger partial charge in [0.25, 0.3) is 0 Å². The van der Waals surface area contributed by atoms with Gasteiger partial charge in [0.05, 0.1) is 5.41 Å². The Morgan fingerprint density at radius 2 is 1.23 bits per heavy atom. The highest BCUT2D eigenvalue weighted by Crippen LogP contribution is 2.43. The molecule has 6 nitrogen and oxygen atoms in total. The molecule has 4 atom stereocenters. The Labute approximate surface area is 193 Å². The van der Waals surface area contributed by atoms with Crippen molar-refractivity contribution in [2.24, 2.45) is 5.41 Å². The Morgan fingerprint density at radius 3 is 1.58 bits per heavy atom. The molecule has 8 heteroatoms. The van der Waals surface area contributed by atoms with Crippen LogP contribution >= 0.6 is 0 Å². The van der Waals surface area contributed by atoms with E-state index in [1.165, 1.54) is 0 Å². The molecule has 0 unspecified atom stereocenters. The molecule has 1 fully saturated rings. The van der Waals surface area contributed by atoms with Crippen LogP contribution in [0.15, 0.2) is 0 Å². The van der Waals surface area contributed by atoms with Crippen LogP contribution in [0.4, 0.5) is 0 Å². The summed E-state index contributed by atoms with van der Waals surface area (Å²) in [5, 5.41) is 0.0515. The van der Waals surface area contributed by atoms with Crippen LogP contribution in [0, 0.1) is 5.41 Å². The predicted molar refractivity (Wildman–Crippen MR) is 130 cm³/mol. The van der Waals surface area contributed by atoms with Crippen LogP contribution in [0.25, 0.3) is 0 Å². The van der Waals surface area contributed by atoms with Gasteiger partial charge in [0.1, 0.15) is 24.9 Å². The average molecular weight is 477 g/mol. The van der Waals surface area contributed by atoms with Gasteiger partial charge < -0.3 is 23.1 Å². The summed E-state index contributed by atoms with van der Waals surface area (Å²) in [6.07, 6.45) is -1.76. The SMILES string of the molecule is CO[C@H]1O[C@H](COC(=O)C(C)(C)C)[C@@H](O[Si](C)(C)C(C)(C)C)[C@@H]1O[Si](C)(C)C(C)(C)C. The minimum Gasteiger partial charge on any atom is -0.462 e. The zero-order valence-electron chi connectivity index (χ0n) is 22.5. The molecule has 1 saturated heterocycles. The molecule has 0 aromatic heterocycles. The Balaban J connectivity index is 3.26. The third kappa shape index (κ3) is 7.11. The molecule has 0 spiro atoms. The highest BCUT2D eigenvalue weighted by atomic mass is 28.4. The molecule has 184 valence electrons. The van der Waals surface area contributed by atoms with Crippen LogP contribution in [-0.2, 0) is 27.9 Å². The van der Waals surface area contributed by atoms with Crippen molar-refractivity contribution < 1.29 is 27.9 Å². The van der Waals surface area contributed by atoms with Gasteiger partial charge in [0.15, 0.2) is 22.9 Å². The molecule has 1 aliphatic rings. The summed E-state index contributed by atoms with van der Waals surface area (Å²) in [5.74, 6) is -0.259. The molecule has 0 aromatic rings. The quantitative estimate of drug-likeness (QED) is 0.345. The predicted octanol–water partition coefficient (Wildman–Crippen LogP) is 5.73. The van der Waals surface area contributed by atoms with E-state index in [0.29, 0.717) is 0 Å². The lowest BCUT2D eigenvalue weighted by atomic mass is 9.97. The van der Waals surface area contributed by atoms with E-state index in [1.54, 1.807) is 7.11 Å². The Kier molecular flexibility index (Phi) is 8.86. The van der Waals surface area contributed by atoms with Crippen molar-refractivity contribution in [2.45, 2.75) is 123 Å². The number of esters is 1. The van der Waals surface area contributed by atoms with E-state index in [4.69, 9.17) is 23.1 Å². The van der Waals surface area contributed by atoms with Crippen molar-refractivity contribution in [3.05, 3.63) is 0 Å². The van der Waals surface area contributed by atoms with Gasteiger partial charge in [-0.2, -0.15) is 0 Å². The number of rotatable bonds is 7. The summed E-state index contributed by atoms with van der Waals surface area (Å²) in [5.41, 5.74) is -0.577. The average Bonchev–Trinajstić information content (AvgIpc) is 2.85. The van der Waals surface area contributed by atoms with Crippen molar-refractivity contribution in [3.8, 4) is 0 Å². The molecule has 0 bridgehead atoms. The van der Waals surface area contributed by atoms with E-state index < -0.39 is 34.4 Å². The van der Waals surface area contributed by atoms with E-state index >= 15 is 0 Å². The Morgan fingerprint density at radius 1 is 0.806 bits per heavy atom. The van der Waals surface area contributed by atoms with Crippen LogP contribution in [0.2, 0.25) is 36.3 Å². The van der Waals surface area contributed by atoms with E-state index in [9.17, 15) is 4.79 Å². The lowest BCUT2D eigenvalue weighted by molar-refractivity contribution is -0.169. The zero-order valence-corrected chi connectivity index (χ0v) is 24.5. The van der Waals surface area contributed by atoms with Crippen LogP contribution in [0.3, 0.4) is 0 Å². The second-order valence-corrected chi connectivity index (χ2v) is 22.3. The lowest BCUT2D eigenvalue weighted by Crippen LogP contribution is -2.54. The van der Waals surface area contributed by atoms with Crippen molar-refractivity contribution in [2.75, 3.05) is 13.7 Å². The van der Waals surface area contributed by atoms with Crippen molar-refractivity contribution in [3.63, 3.8) is 0 Å². The standard InChI is InChI=1S/C23H48O6Si2/c1-21(2,3)20(24)26-15-16-17(28-30(11,12)22(4,5)6)18(19(25-10)27-16)29-31(13,14)23(7,8)9/h16-19H,15H2,1-14H3/t16-,17-,18+,19+/m1/s1. The largest absolute Gasteiger partial charge is 0.462 e. The first-order valence-corrected chi connectivity index (χ1v) is 17.2. The number of carbonyl (C=O) groups excluding carboxylic acids is 1. The third-order valence-corrected chi connectivity index (χ3v) is 15.9. The summed E-state index contributed by atoms with van der Waals surface area (Å²) in [4.78, 5) is 12.4. The summed E-state index contributed by atoms with van der Waals surface area (Å²) in [7, 11) is -2.65. The molecule has 0 radical (unpaired) electrons. The topological polar surface area (TPSA) is 63.2 Å². The minimum absolute atomic E-state index is 0.0202. The number of ether oxygens (including phenoxy) is 3. The highest BCUT2D eigenvalue weighted by Gasteiger charge is 2.54. The molecular formula is C23H48O6Si2. The number of methoxy groups -OCH3 is 1. The monoisotopic (exact) mass is 476 g/mol. The van der Waals surface area contributed by atoms with Gasteiger partial charge in [-0.15, -0.1) is 0 Å².